The van der Waals surface area contributed by atoms with E-state index >= 15 is 0 Å². The number of carbonyl (C=O) groups excluding carboxylic acids is 1. The summed E-state index contributed by atoms with van der Waals surface area (Å²) in [4.78, 5) is 16.5. The quantitative estimate of drug-likeness (QED) is 0.526. The molecule has 1 aromatic heterocycles. The van der Waals surface area contributed by atoms with Crippen LogP contribution in [0.5, 0.6) is 0 Å². The number of rotatable bonds is 8. The summed E-state index contributed by atoms with van der Waals surface area (Å²) in [5.41, 5.74) is 0.583. The zero-order chi connectivity index (χ0) is 22.4. The average molecular weight is 482 g/mol. The van der Waals surface area contributed by atoms with E-state index in [1.807, 2.05) is 0 Å². The van der Waals surface area contributed by atoms with Crippen molar-refractivity contribution in [2.24, 2.45) is 0 Å². The predicted octanol–water partition coefficient (Wildman–Crippen LogP) is 4.03. The highest BCUT2D eigenvalue weighted by molar-refractivity contribution is 7.89. The van der Waals surface area contributed by atoms with Crippen LogP contribution < -0.4 is 5.32 Å². The molecule has 3 rings (SSSR count). The molecule has 0 radical (unpaired) electrons. The Balaban J connectivity index is 1.86. The van der Waals surface area contributed by atoms with Crippen LogP contribution >= 0.6 is 23.2 Å². The van der Waals surface area contributed by atoms with Gasteiger partial charge in [0.15, 0.2) is 0 Å². The number of amides is 1. The maximum atomic E-state index is 14.3. The first kappa shape index (κ1) is 23.1. The van der Waals surface area contributed by atoms with Gasteiger partial charge in [-0.05, 0) is 48.5 Å². The second kappa shape index (κ2) is 10.2. The molecule has 6 nitrogen and oxygen atoms in total. The minimum Gasteiger partial charge on any atom is -0.349 e. The van der Waals surface area contributed by atoms with Gasteiger partial charge in [0.25, 0.3) is 0 Å². The molecule has 0 spiro atoms. The van der Waals surface area contributed by atoms with Gasteiger partial charge in [0.2, 0.25) is 15.9 Å². The molecule has 162 valence electrons. The molecule has 1 heterocycles. The topological polar surface area (TPSA) is 79.4 Å². The number of hydrogen-bond donors (Lipinski definition) is 1. The molecule has 0 unspecified atom stereocenters. The van der Waals surface area contributed by atoms with Crippen LogP contribution in [0.3, 0.4) is 0 Å². The normalized spacial score (nSPS) is 11.5. The summed E-state index contributed by atoms with van der Waals surface area (Å²) in [6.45, 7) is -0.842. The summed E-state index contributed by atoms with van der Waals surface area (Å²) in [5, 5.41) is 3.04. The second-order valence-corrected chi connectivity index (χ2v) is 9.31. The van der Waals surface area contributed by atoms with Crippen molar-refractivity contribution in [2.45, 2.75) is 18.0 Å². The van der Waals surface area contributed by atoms with Gasteiger partial charge in [-0.25, -0.2) is 12.8 Å². The van der Waals surface area contributed by atoms with Gasteiger partial charge < -0.3 is 5.32 Å². The zero-order valence-electron chi connectivity index (χ0n) is 16.1. The van der Waals surface area contributed by atoms with Crippen molar-refractivity contribution in [3.8, 4) is 0 Å². The number of pyridine rings is 1. The van der Waals surface area contributed by atoms with E-state index in [1.54, 1.807) is 24.4 Å². The number of aromatic nitrogens is 1. The van der Waals surface area contributed by atoms with Gasteiger partial charge in [-0.2, -0.15) is 4.31 Å². The monoisotopic (exact) mass is 481 g/mol. The maximum absolute atomic E-state index is 14.3. The summed E-state index contributed by atoms with van der Waals surface area (Å²) >= 11 is 11.9. The fourth-order valence-electron chi connectivity index (χ4n) is 2.75. The Morgan fingerprint density at radius 2 is 1.77 bits per heavy atom. The molecule has 1 amide bonds. The lowest BCUT2D eigenvalue weighted by atomic mass is 10.2. The summed E-state index contributed by atoms with van der Waals surface area (Å²) in [6, 6.07) is 14.8. The van der Waals surface area contributed by atoms with Crippen molar-refractivity contribution >= 4 is 39.1 Å². The maximum Gasteiger partial charge on any atom is 0.243 e. The molecule has 0 atom stereocenters. The lowest BCUT2D eigenvalue weighted by Crippen LogP contribution is -2.40. The molecular weight excluding hydrogens is 464 g/mol. The zero-order valence-corrected chi connectivity index (χ0v) is 18.5. The highest BCUT2D eigenvalue weighted by atomic mass is 35.5. The van der Waals surface area contributed by atoms with Crippen LogP contribution in [0.2, 0.25) is 10.0 Å². The van der Waals surface area contributed by atoms with E-state index in [4.69, 9.17) is 23.2 Å². The van der Waals surface area contributed by atoms with E-state index in [0.29, 0.717) is 10.7 Å². The highest BCUT2D eigenvalue weighted by Crippen LogP contribution is 2.25. The number of hydrogen-bond acceptors (Lipinski definition) is 4. The van der Waals surface area contributed by atoms with Gasteiger partial charge in [0, 0.05) is 28.4 Å². The van der Waals surface area contributed by atoms with Crippen molar-refractivity contribution in [2.75, 3.05) is 6.54 Å². The largest absolute Gasteiger partial charge is 0.349 e. The molecular formula is C21H18Cl2FN3O3S. The van der Waals surface area contributed by atoms with Crippen LogP contribution in [0, 0.1) is 5.82 Å². The Bertz CT molecular complexity index is 1140. The second-order valence-electron chi connectivity index (χ2n) is 6.53. The molecule has 1 N–H and O–H groups in total. The first-order chi connectivity index (χ1) is 14.8. The molecule has 2 aromatic carbocycles. The first-order valence-corrected chi connectivity index (χ1v) is 11.3. The highest BCUT2D eigenvalue weighted by Gasteiger charge is 2.28. The molecule has 0 saturated heterocycles. The molecule has 0 bridgehead atoms. The number of carbonyl (C=O) groups is 1. The number of halogens is 3. The van der Waals surface area contributed by atoms with E-state index in [-0.39, 0.29) is 22.0 Å². The fraction of sp³-hybridized carbons (Fsp3) is 0.143. The Hall–Kier alpha value is -2.52. The number of nitrogens with one attached hydrogen (secondary N) is 1. The Labute approximate surface area is 189 Å². The SMILES string of the molecule is O=C(CN(Cc1c(F)cccc1Cl)S(=O)(=O)c1ccc(Cl)cc1)NCc1ccccn1. The van der Waals surface area contributed by atoms with E-state index in [0.717, 1.165) is 4.31 Å². The summed E-state index contributed by atoms with van der Waals surface area (Å²) in [7, 11) is -4.15. The van der Waals surface area contributed by atoms with Gasteiger partial charge in [0.1, 0.15) is 5.82 Å². The molecule has 0 fully saturated rings. The average Bonchev–Trinajstić information content (AvgIpc) is 2.75. The third kappa shape index (κ3) is 6.01. The number of nitrogens with zero attached hydrogens (tertiary/aromatic N) is 2. The van der Waals surface area contributed by atoms with E-state index < -0.39 is 34.8 Å². The molecule has 31 heavy (non-hydrogen) atoms. The number of sulfonamides is 1. The minimum absolute atomic E-state index is 0.0285. The van der Waals surface area contributed by atoms with E-state index in [2.05, 4.69) is 10.3 Å². The molecule has 3 aromatic rings. The summed E-state index contributed by atoms with van der Waals surface area (Å²) in [6.07, 6.45) is 1.58. The van der Waals surface area contributed by atoms with Crippen LogP contribution in [0.1, 0.15) is 11.3 Å². The Kier molecular flexibility index (Phi) is 7.61. The van der Waals surface area contributed by atoms with Gasteiger partial charge in [0.05, 0.1) is 23.7 Å². The number of benzene rings is 2. The Morgan fingerprint density at radius 3 is 2.42 bits per heavy atom. The Morgan fingerprint density at radius 1 is 1.03 bits per heavy atom. The van der Waals surface area contributed by atoms with E-state index in [9.17, 15) is 17.6 Å². The van der Waals surface area contributed by atoms with Crippen molar-refractivity contribution in [3.63, 3.8) is 0 Å². The lowest BCUT2D eigenvalue weighted by Gasteiger charge is -2.22. The van der Waals surface area contributed by atoms with Crippen LogP contribution in [0.15, 0.2) is 71.8 Å². The van der Waals surface area contributed by atoms with Gasteiger partial charge >= 0.3 is 0 Å². The molecule has 0 aliphatic rings. The molecule has 10 heteroatoms. The molecule has 0 aliphatic heterocycles. The van der Waals surface area contributed by atoms with Gasteiger partial charge in [-0.15, -0.1) is 0 Å². The van der Waals surface area contributed by atoms with Gasteiger partial charge in [-0.3, -0.25) is 9.78 Å². The third-order valence-corrected chi connectivity index (χ3v) is 6.77. The summed E-state index contributed by atoms with van der Waals surface area (Å²) < 4.78 is 41.6. The van der Waals surface area contributed by atoms with Crippen molar-refractivity contribution in [3.05, 3.63) is 94.0 Å². The summed E-state index contributed by atoms with van der Waals surface area (Å²) in [5.74, 6) is -1.24. The van der Waals surface area contributed by atoms with Crippen molar-refractivity contribution in [1.29, 1.82) is 0 Å². The first-order valence-electron chi connectivity index (χ1n) is 9.12. The van der Waals surface area contributed by atoms with E-state index in [1.165, 1.54) is 42.5 Å². The van der Waals surface area contributed by atoms with Crippen LogP contribution in [0.4, 0.5) is 4.39 Å². The molecule has 0 saturated carbocycles. The predicted molar refractivity (Wildman–Crippen MR) is 117 cm³/mol. The molecule has 0 aliphatic carbocycles. The van der Waals surface area contributed by atoms with Crippen molar-refractivity contribution < 1.29 is 17.6 Å². The van der Waals surface area contributed by atoms with Gasteiger partial charge in [-0.1, -0.05) is 35.3 Å². The van der Waals surface area contributed by atoms with Crippen molar-refractivity contribution in [1.82, 2.24) is 14.6 Å². The lowest BCUT2D eigenvalue weighted by molar-refractivity contribution is -0.121. The fourth-order valence-corrected chi connectivity index (χ4v) is 4.46. The third-order valence-electron chi connectivity index (χ3n) is 4.36. The minimum atomic E-state index is -4.15. The van der Waals surface area contributed by atoms with Crippen LogP contribution in [-0.4, -0.2) is 30.2 Å². The standard InChI is InChI=1S/C21H18Cl2FN3O3S/c22-15-7-9-17(10-8-15)31(29,30)27(13-18-19(23)5-3-6-20(18)24)14-21(28)26-12-16-4-1-2-11-25-16/h1-11H,12-14H2,(H,26,28). The van der Waals surface area contributed by atoms with Crippen LogP contribution in [0.25, 0.3) is 0 Å². The smallest absolute Gasteiger partial charge is 0.243 e. The van der Waals surface area contributed by atoms with Crippen LogP contribution in [-0.2, 0) is 27.9 Å².